The molecule has 6 rings (SSSR count). The van der Waals surface area contributed by atoms with Gasteiger partial charge in [-0.05, 0) is 28.8 Å². The maximum atomic E-state index is 12.2. The van der Waals surface area contributed by atoms with Crippen LogP contribution < -0.4 is 16.0 Å². The second-order valence-corrected chi connectivity index (χ2v) is 9.68. The largest absolute Gasteiger partial charge is 0.497 e. The minimum atomic E-state index is -0.966. The Kier molecular flexibility index (Phi) is 6.81. The minimum Gasteiger partial charge on any atom is -0.497 e. The molecule has 204 valence electrons. The molecule has 3 aromatic carbocycles. The van der Waals surface area contributed by atoms with Gasteiger partial charge in [0.2, 0.25) is 5.95 Å². The quantitative estimate of drug-likeness (QED) is 0.255. The number of aromatic nitrogens is 4. The highest BCUT2D eigenvalue weighted by Gasteiger charge is 2.41. The summed E-state index contributed by atoms with van der Waals surface area (Å²) in [6, 6.07) is 27.8. The molecule has 1 fully saturated rings. The Labute approximate surface area is 230 Å². The number of aliphatic hydroxyl groups is 1. The van der Waals surface area contributed by atoms with Crippen LogP contribution in [-0.2, 0) is 15.1 Å². The summed E-state index contributed by atoms with van der Waals surface area (Å²) in [5.74, 6) is 0.700. The molecule has 4 N–H and O–H groups in total. The summed E-state index contributed by atoms with van der Waals surface area (Å²) >= 11 is 0. The summed E-state index contributed by atoms with van der Waals surface area (Å²) < 4.78 is 20.1. The summed E-state index contributed by atoms with van der Waals surface area (Å²) in [5.41, 5.74) is 7.51. The van der Waals surface area contributed by atoms with Crippen molar-refractivity contribution in [3.63, 3.8) is 0 Å². The lowest BCUT2D eigenvalue weighted by Gasteiger charge is -2.36. The third-order valence-electron chi connectivity index (χ3n) is 7.23. The van der Waals surface area contributed by atoms with Gasteiger partial charge < -0.3 is 25.1 Å². The molecule has 2 aromatic heterocycles. The van der Waals surface area contributed by atoms with Gasteiger partial charge in [-0.15, -0.1) is 0 Å². The van der Waals surface area contributed by atoms with E-state index in [0.29, 0.717) is 6.42 Å². The number of hydrogen-bond donors (Lipinski definition) is 3. The molecule has 0 bridgehead atoms. The van der Waals surface area contributed by atoms with Crippen LogP contribution in [0, 0.1) is 0 Å². The highest BCUT2D eigenvalue weighted by atomic mass is 16.6. The van der Waals surface area contributed by atoms with Gasteiger partial charge in [-0.3, -0.25) is 14.3 Å². The van der Waals surface area contributed by atoms with Crippen molar-refractivity contribution in [1.29, 1.82) is 0 Å². The second-order valence-electron chi connectivity index (χ2n) is 9.68. The summed E-state index contributed by atoms with van der Waals surface area (Å²) in [6.45, 7) is 0.173. The SMILES string of the molecule is COc1ccc(C(OC[C@@H]2C[C@@H](O)[C@H](n3cnc4c(=O)[nH]c(N)nc43)O2)(c2ccccc2)c2ccccc2)cc1. The van der Waals surface area contributed by atoms with Crippen LogP contribution in [0.3, 0.4) is 0 Å². The number of nitrogens with two attached hydrogens (primary N) is 1. The predicted octanol–water partition coefficient (Wildman–Crippen LogP) is 3.37. The summed E-state index contributed by atoms with van der Waals surface area (Å²) in [6.07, 6.45) is -0.403. The number of aromatic amines is 1. The van der Waals surface area contributed by atoms with E-state index in [0.717, 1.165) is 22.4 Å². The van der Waals surface area contributed by atoms with E-state index in [1.54, 1.807) is 7.11 Å². The first kappa shape index (κ1) is 25.8. The van der Waals surface area contributed by atoms with Crippen LogP contribution >= 0.6 is 0 Å². The van der Waals surface area contributed by atoms with Crippen molar-refractivity contribution in [3.8, 4) is 5.75 Å². The van der Waals surface area contributed by atoms with Crippen molar-refractivity contribution in [2.24, 2.45) is 0 Å². The number of fused-ring (bicyclic) bond motifs is 1. The van der Waals surface area contributed by atoms with Crippen LogP contribution in [0.25, 0.3) is 11.2 Å². The number of imidazole rings is 1. The summed E-state index contributed by atoms with van der Waals surface area (Å²) in [4.78, 5) is 23.0. The van der Waals surface area contributed by atoms with Crippen molar-refractivity contribution in [2.45, 2.75) is 30.5 Å². The van der Waals surface area contributed by atoms with Crippen molar-refractivity contribution in [2.75, 3.05) is 19.5 Å². The van der Waals surface area contributed by atoms with Gasteiger partial charge in [0.05, 0.1) is 26.1 Å². The predicted molar refractivity (Wildman–Crippen MR) is 149 cm³/mol. The maximum absolute atomic E-state index is 12.2. The first-order valence-electron chi connectivity index (χ1n) is 12.9. The molecular weight excluding hydrogens is 510 g/mol. The van der Waals surface area contributed by atoms with Gasteiger partial charge in [0, 0.05) is 6.42 Å². The van der Waals surface area contributed by atoms with Crippen molar-refractivity contribution < 1.29 is 19.3 Å². The highest BCUT2D eigenvalue weighted by Crippen LogP contribution is 2.42. The Balaban J connectivity index is 1.35. The molecule has 0 aliphatic carbocycles. The average molecular weight is 540 g/mol. The first-order valence-corrected chi connectivity index (χ1v) is 12.9. The van der Waals surface area contributed by atoms with E-state index in [-0.39, 0.29) is 23.7 Å². The zero-order valence-electron chi connectivity index (χ0n) is 21.8. The molecule has 1 aliphatic heterocycles. The number of rotatable bonds is 8. The second kappa shape index (κ2) is 10.6. The molecule has 0 radical (unpaired) electrons. The number of nitrogens with one attached hydrogen (secondary N) is 1. The van der Waals surface area contributed by atoms with E-state index in [9.17, 15) is 9.90 Å². The van der Waals surface area contributed by atoms with Gasteiger partial charge in [0.25, 0.3) is 5.56 Å². The van der Waals surface area contributed by atoms with E-state index in [1.165, 1.54) is 10.9 Å². The van der Waals surface area contributed by atoms with E-state index in [4.69, 9.17) is 19.9 Å². The molecular formula is C30H29N5O5. The number of ether oxygens (including phenoxy) is 3. The molecule has 0 saturated carbocycles. The van der Waals surface area contributed by atoms with Crippen molar-refractivity contribution >= 4 is 17.1 Å². The van der Waals surface area contributed by atoms with Crippen LogP contribution in [0.2, 0.25) is 0 Å². The van der Waals surface area contributed by atoms with Crippen LogP contribution in [0.15, 0.2) is 96.1 Å². The Morgan fingerprint density at radius 1 is 1.02 bits per heavy atom. The topological polar surface area (TPSA) is 138 Å². The third-order valence-corrected chi connectivity index (χ3v) is 7.23. The molecule has 10 heteroatoms. The fraction of sp³-hybridized carbons (Fsp3) is 0.233. The monoisotopic (exact) mass is 539 g/mol. The Morgan fingerprint density at radius 3 is 2.27 bits per heavy atom. The number of aliphatic hydroxyl groups excluding tert-OH is 1. The number of benzene rings is 3. The Morgan fingerprint density at radius 2 is 1.65 bits per heavy atom. The maximum Gasteiger partial charge on any atom is 0.280 e. The van der Waals surface area contributed by atoms with Crippen LogP contribution in [-0.4, -0.2) is 50.6 Å². The van der Waals surface area contributed by atoms with Gasteiger partial charge in [0.15, 0.2) is 17.4 Å². The standard InChI is InChI=1S/C30H29N5O5/c1-38-22-14-12-21(13-15-22)30(19-8-4-2-5-9-19,20-10-6-3-7-11-20)39-17-23-16-24(36)28(40-23)35-18-32-25-26(35)33-29(31)34-27(25)37/h2-15,18,23-24,28,36H,16-17H2,1H3,(H3,31,33,34,37)/t23-,24+,28+/m0/s1. The van der Waals surface area contributed by atoms with Crippen molar-refractivity contribution in [1.82, 2.24) is 19.5 Å². The van der Waals surface area contributed by atoms with E-state index < -0.39 is 29.6 Å². The highest BCUT2D eigenvalue weighted by molar-refractivity contribution is 5.70. The van der Waals surface area contributed by atoms with Crippen LogP contribution in [0.1, 0.15) is 29.3 Å². The number of methoxy groups -OCH3 is 1. The third kappa shape index (κ3) is 4.51. The summed E-state index contributed by atoms with van der Waals surface area (Å²) in [5, 5.41) is 11.0. The zero-order chi connectivity index (χ0) is 27.7. The zero-order valence-corrected chi connectivity index (χ0v) is 21.8. The van der Waals surface area contributed by atoms with Crippen LogP contribution in [0.5, 0.6) is 5.75 Å². The van der Waals surface area contributed by atoms with Crippen LogP contribution in [0.4, 0.5) is 5.95 Å². The molecule has 10 nitrogen and oxygen atoms in total. The number of hydrogen-bond acceptors (Lipinski definition) is 8. The smallest absolute Gasteiger partial charge is 0.280 e. The number of H-pyrrole nitrogens is 1. The lowest BCUT2D eigenvalue weighted by molar-refractivity contribution is -0.0851. The molecule has 5 aromatic rings. The Bertz CT molecular complexity index is 1610. The molecule has 1 saturated heterocycles. The van der Waals surface area contributed by atoms with Gasteiger partial charge in [-0.25, -0.2) is 4.98 Å². The van der Waals surface area contributed by atoms with E-state index in [1.807, 2.05) is 84.9 Å². The molecule has 40 heavy (non-hydrogen) atoms. The lowest BCUT2D eigenvalue weighted by Crippen LogP contribution is -2.35. The Hall–Kier alpha value is -4.51. The number of nitrogen functional groups attached to an aromatic ring is 1. The number of anilines is 1. The molecule has 0 spiro atoms. The van der Waals surface area contributed by atoms with E-state index >= 15 is 0 Å². The molecule has 0 amide bonds. The molecule has 0 unspecified atom stereocenters. The van der Waals surface area contributed by atoms with Gasteiger partial charge >= 0.3 is 0 Å². The molecule has 3 heterocycles. The first-order chi connectivity index (χ1) is 19.5. The normalized spacial score (nSPS) is 19.2. The fourth-order valence-corrected chi connectivity index (χ4v) is 5.36. The van der Waals surface area contributed by atoms with E-state index in [2.05, 4.69) is 15.0 Å². The fourth-order valence-electron chi connectivity index (χ4n) is 5.36. The van der Waals surface area contributed by atoms with Crippen molar-refractivity contribution in [3.05, 3.63) is 118 Å². The van der Waals surface area contributed by atoms with Gasteiger partial charge in [0.1, 0.15) is 17.5 Å². The molecule has 3 atom stereocenters. The molecule has 1 aliphatic rings. The average Bonchev–Trinajstić information content (AvgIpc) is 3.57. The summed E-state index contributed by atoms with van der Waals surface area (Å²) in [7, 11) is 1.63. The lowest BCUT2D eigenvalue weighted by atomic mass is 9.80. The minimum absolute atomic E-state index is 0.0402. The van der Waals surface area contributed by atoms with Gasteiger partial charge in [-0.2, -0.15) is 4.98 Å². The number of nitrogens with zero attached hydrogens (tertiary/aromatic N) is 3. The van der Waals surface area contributed by atoms with Gasteiger partial charge in [-0.1, -0.05) is 72.8 Å².